The van der Waals surface area contributed by atoms with Gasteiger partial charge in [-0.15, -0.1) is 0 Å². The molecule has 0 radical (unpaired) electrons. The quantitative estimate of drug-likeness (QED) is 0.648. The predicted molar refractivity (Wildman–Crippen MR) is 112 cm³/mol. The summed E-state index contributed by atoms with van der Waals surface area (Å²) in [5.74, 6) is 0.0108. The number of fused-ring (bicyclic) bond motifs is 1. The molecule has 0 bridgehead atoms. The van der Waals surface area contributed by atoms with Crippen LogP contribution in [0.3, 0.4) is 0 Å². The van der Waals surface area contributed by atoms with Gasteiger partial charge < -0.3 is 14.5 Å². The zero-order chi connectivity index (χ0) is 20.7. The van der Waals surface area contributed by atoms with E-state index in [0.717, 1.165) is 17.6 Å². The average Bonchev–Trinajstić information content (AvgIpc) is 3.09. The number of rotatable bonds is 3. The van der Waals surface area contributed by atoms with Crippen LogP contribution in [0.4, 0.5) is 0 Å². The average molecular weight is 425 g/mol. The Kier molecular flexibility index (Phi) is 4.92. The van der Waals surface area contributed by atoms with Gasteiger partial charge in [-0.3, -0.25) is 14.0 Å². The molecule has 7 nitrogen and oxygen atoms in total. The molecule has 8 heteroatoms. The number of hydrogen-bond acceptors (Lipinski definition) is 4. The lowest BCUT2D eigenvalue weighted by molar-refractivity contribution is -0.157. The summed E-state index contributed by atoms with van der Waals surface area (Å²) in [6, 6.07) is 13.1. The Hall–Kier alpha value is -2.90. The maximum atomic E-state index is 12.9. The summed E-state index contributed by atoms with van der Waals surface area (Å²) in [7, 11) is 0. The third-order valence-corrected chi connectivity index (χ3v) is 6.09. The summed E-state index contributed by atoms with van der Waals surface area (Å²) in [6.07, 6.45) is 2.38. The second-order valence-electron chi connectivity index (χ2n) is 7.52. The van der Waals surface area contributed by atoms with E-state index >= 15 is 0 Å². The van der Waals surface area contributed by atoms with Crippen LogP contribution in [0.25, 0.3) is 16.9 Å². The lowest BCUT2D eigenvalue weighted by Gasteiger charge is -2.38. The van der Waals surface area contributed by atoms with Crippen molar-refractivity contribution in [3.05, 3.63) is 59.4 Å². The van der Waals surface area contributed by atoms with Crippen LogP contribution in [0, 0.1) is 0 Å². The minimum Gasteiger partial charge on any atom is -0.368 e. The first kappa shape index (κ1) is 19.1. The molecule has 1 unspecified atom stereocenters. The minimum atomic E-state index is -0.286. The highest BCUT2D eigenvalue weighted by Crippen LogP contribution is 2.28. The molecule has 2 aromatic heterocycles. The maximum absolute atomic E-state index is 12.9. The van der Waals surface area contributed by atoms with Crippen LogP contribution >= 0.6 is 11.6 Å². The van der Waals surface area contributed by atoms with Crippen molar-refractivity contribution in [3.8, 4) is 11.3 Å². The van der Waals surface area contributed by atoms with Gasteiger partial charge in [-0.2, -0.15) is 0 Å². The molecule has 0 N–H and O–H groups in total. The first-order valence-electron chi connectivity index (χ1n) is 10.0. The van der Waals surface area contributed by atoms with Gasteiger partial charge in [0.05, 0.1) is 6.61 Å². The molecule has 4 heterocycles. The highest BCUT2D eigenvalue weighted by Gasteiger charge is 2.33. The monoisotopic (exact) mass is 424 g/mol. The van der Waals surface area contributed by atoms with Gasteiger partial charge >= 0.3 is 0 Å². The number of amides is 2. The van der Waals surface area contributed by atoms with Gasteiger partial charge in [0, 0.05) is 49.9 Å². The van der Waals surface area contributed by atoms with E-state index in [1.165, 1.54) is 0 Å². The van der Waals surface area contributed by atoms with Crippen molar-refractivity contribution < 1.29 is 14.3 Å². The molecule has 2 aliphatic rings. The van der Waals surface area contributed by atoms with E-state index in [1.807, 2.05) is 40.9 Å². The number of nitrogens with zero attached hydrogens (tertiary/aromatic N) is 4. The van der Waals surface area contributed by atoms with Crippen LogP contribution in [0.15, 0.2) is 48.7 Å². The molecule has 1 atom stereocenters. The summed E-state index contributed by atoms with van der Waals surface area (Å²) in [6.45, 7) is 2.79. The van der Waals surface area contributed by atoms with E-state index in [-0.39, 0.29) is 17.9 Å². The number of carbonyl (C=O) groups is 2. The number of hydrogen-bond donors (Lipinski definition) is 0. The largest absolute Gasteiger partial charge is 0.368 e. The van der Waals surface area contributed by atoms with Crippen LogP contribution in [0.1, 0.15) is 16.8 Å². The molecule has 154 valence electrons. The van der Waals surface area contributed by atoms with Gasteiger partial charge in [0.15, 0.2) is 0 Å². The molecule has 5 rings (SSSR count). The number of carbonyl (C=O) groups excluding carboxylic acids is 2. The number of halogens is 1. The molecule has 0 spiro atoms. The summed E-state index contributed by atoms with van der Waals surface area (Å²) >= 11 is 6.48. The first-order valence-corrected chi connectivity index (χ1v) is 10.4. The summed E-state index contributed by atoms with van der Waals surface area (Å²) < 4.78 is 7.10. The highest BCUT2D eigenvalue weighted by atomic mass is 35.5. The van der Waals surface area contributed by atoms with Crippen molar-refractivity contribution in [2.24, 2.45) is 0 Å². The Morgan fingerprint density at radius 2 is 1.70 bits per heavy atom. The van der Waals surface area contributed by atoms with Crippen LogP contribution in [-0.2, 0) is 9.53 Å². The fourth-order valence-electron chi connectivity index (χ4n) is 3.87. The molecule has 2 fully saturated rings. The summed E-state index contributed by atoms with van der Waals surface area (Å²) in [5, 5.41) is 0.543. The molecule has 2 saturated heterocycles. The van der Waals surface area contributed by atoms with E-state index in [2.05, 4.69) is 4.98 Å². The predicted octanol–water partition coefficient (Wildman–Crippen LogP) is 2.73. The Bertz CT molecular complexity index is 1100. The van der Waals surface area contributed by atoms with Crippen LogP contribution in [0.5, 0.6) is 0 Å². The molecular formula is C22H21ClN4O3. The lowest BCUT2D eigenvalue weighted by Crippen LogP contribution is -2.54. The molecule has 2 amide bonds. The number of pyridine rings is 1. The lowest BCUT2D eigenvalue weighted by atomic mass is 10.1. The second kappa shape index (κ2) is 7.74. The Labute approximate surface area is 178 Å². The SMILES string of the molecule is O=C(c1ccc(-c2nc3ccccn3c2Cl)cc1)N1CCN(C(=O)C2CCO2)CC1. The van der Waals surface area contributed by atoms with Gasteiger partial charge in [0.2, 0.25) is 0 Å². The maximum Gasteiger partial charge on any atom is 0.253 e. The third kappa shape index (κ3) is 3.34. The van der Waals surface area contributed by atoms with Gasteiger partial charge in [-0.1, -0.05) is 29.8 Å². The van der Waals surface area contributed by atoms with Crippen LogP contribution in [-0.4, -0.2) is 69.9 Å². The molecule has 3 aromatic rings. The number of benzene rings is 1. The zero-order valence-corrected chi connectivity index (χ0v) is 17.1. The fourth-order valence-corrected chi connectivity index (χ4v) is 4.16. The summed E-state index contributed by atoms with van der Waals surface area (Å²) in [4.78, 5) is 33.3. The van der Waals surface area contributed by atoms with E-state index in [4.69, 9.17) is 16.3 Å². The smallest absolute Gasteiger partial charge is 0.253 e. The fraction of sp³-hybridized carbons (Fsp3) is 0.318. The first-order chi connectivity index (χ1) is 14.6. The third-order valence-electron chi connectivity index (χ3n) is 5.73. The zero-order valence-electron chi connectivity index (χ0n) is 16.3. The van der Waals surface area contributed by atoms with Crippen molar-refractivity contribution in [3.63, 3.8) is 0 Å². The number of imidazole rings is 1. The molecule has 1 aromatic carbocycles. The van der Waals surface area contributed by atoms with Gasteiger partial charge in [0.1, 0.15) is 22.6 Å². The van der Waals surface area contributed by atoms with Crippen molar-refractivity contribution >= 4 is 29.1 Å². The number of ether oxygens (including phenoxy) is 1. The highest BCUT2D eigenvalue weighted by molar-refractivity contribution is 6.32. The molecule has 2 aliphatic heterocycles. The molecular weight excluding hydrogens is 404 g/mol. The van der Waals surface area contributed by atoms with Gasteiger partial charge in [-0.25, -0.2) is 4.98 Å². The normalized spacial score (nSPS) is 19.0. The van der Waals surface area contributed by atoms with E-state index in [9.17, 15) is 9.59 Å². The number of piperazine rings is 1. The summed E-state index contributed by atoms with van der Waals surface area (Å²) in [5.41, 5.74) is 2.93. The van der Waals surface area contributed by atoms with Crippen molar-refractivity contribution in [1.82, 2.24) is 19.2 Å². The van der Waals surface area contributed by atoms with E-state index in [0.29, 0.717) is 49.2 Å². The van der Waals surface area contributed by atoms with Crippen molar-refractivity contribution in [1.29, 1.82) is 0 Å². The van der Waals surface area contributed by atoms with Gasteiger partial charge in [-0.05, 0) is 24.3 Å². The van der Waals surface area contributed by atoms with Crippen molar-refractivity contribution in [2.45, 2.75) is 12.5 Å². The number of aromatic nitrogens is 2. The van der Waals surface area contributed by atoms with Crippen LogP contribution < -0.4 is 0 Å². The minimum absolute atomic E-state index is 0.0327. The second-order valence-corrected chi connectivity index (χ2v) is 7.88. The standard InChI is InChI=1S/C22H21ClN4O3/c23-20-19(24-18-3-1-2-9-27(18)20)15-4-6-16(7-5-15)21(28)25-10-12-26(13-11-25)22(29)17-8-14-30-17/h1-7,9,17H,8,10-14H2. The topological polar surface area (TPSA) is 67.2 Å². The van der Waals surface area contributed by atoms with Crippen LogP contribution in [0.2, 0.25) is 5.15 Å². The van der Waals surface area contributed by atoms with E-state index in [1.54, 1.807) is 21.9 Å². The van der Waals surface area contributed by atoms with E-state index < -0.39 is 0 Å². The molecule has 0 saturated carbocycles. The molecule has 30 heavy (non-hydrogen) atoms. The van der Waals surface area contributed by atoms with Crippen molar-refractivity contribution in [2.75, 3.05) is 32.8 Å². The molecule has 0 aliphatic carbocycles. The Balaban J connectivity index is 1.27. The Morgan fingerprint density at radius 1 is 1.00 bits per heavy atom. The Morgan fingerprint density at radius 3 is 2.33 bits per heavy atom. The van der Waals surface area contributed by atoms with Gasteiger partial charge in [0.25, 0.3) is 11.8 Å².